The Morgan fingerprint density at radius 3 is 2.44 bits per heavy atom. The van der Waals surface area contributed by atoms with Crippen molar-refractivity contribution in [2.75, 3.05) is 11.1 Å². The number of nitro benzene ring substituents is 1. The van der Waals surface area contributed by atoms with E-state index in [0.29, 0.717) is 27.7 Å². The van der Waals surface area contributed by atoms with Crippen molar-refractivity contribution in [1.82, 2.24) is 9.55 Å². The highest BCUT2D eigenvalue weighted by atomic mass is 32.2. The minimum Gasteiger partial charge on any atom is -0.320 e. The van der Waals surface area contributed by atoms with Gasteiger partial charge in [0.15, 0.2) is 5.16 Å². The number of amides is 1. The van der Waals surface area contributed by atoms with Crippen LogP contribution < -0.4 is 10.9 Å². The van der Waals surface area contributed by atoms with Crippen LogP contribution in [0.2, 0.25) is 0 Å². The Morgan fingerprint density at radius 2 is 1.74 bits per heavy atom. The van der Waals surface area contributed by atoms with Gasteiger partial charge in [-0.1, -0.05) is 62.0 Å². The van der Waals surface area contributed by atoms with E-state index in [2.05, 4.69) is 24.1 Å². The van der Waals surface area contributed by atoms with Crippen molar-refractivity contribution in [2.24, 2.45) is 0 Å². The minimum absolute atomic E-state index is 0.0824. The highest BCUT2D eigenvalue weighted by molar-refractivity contribution is 7.99. The van der Waals surface area contributed by atoms with Crippen LogP contribution in [0.15, 0.2) is 82.7 Å². The second-order valence-corrected chi connectivity index (χ2v) is 8.85. The van der Waals surface area contributed by atoms with Gasteiger partial charge in [0.1, 0.15) is 5.69 Å². The van der Waals surface area contributed by atoms with Crippen LogP contribution in [-0.4, -0.2) is 26.1 Å². The third-order valence-corrected chi connectivity index (χ3v) is 6.21. The van der Waals surface area contributed by atoms with Gasteiger partial charge in [0, 0.05) is 6.07 Å². The maximum atomic E-state index is 13.4. The van der Waals surface area contributed by atoms with Crippen molar-refractivity contribution in [3.63, 3.8) is 0 Å². The topological polar surface area (TPSA) is 107 Å². The number of hydrogen-bond acceptors (Lipinski definition) is 6. The van der Waals surface area contributed by atoms with Crippen LogP contribution in [0.1, 0.15) is 25.3 Å². The summed E-state index contributed by atoms with van der Waals surface area (Å²) in [5, 5.41) is 14.6. The number of carbonyl (C=O) groups excluding carboxylic acids is 1. The Kier molecular flexibility index (Phi) is 6.74. The summed E-state index contributed by atoms with van der Waals surface area (Å²) in [5.41, 5.74) is 2.02. The van der Waals surface area contributed by atoms with Gasteiger partial charge >= 0.3 is 0 Å². The van der Waals surface area contributed by atoms with Crippen LogP contribution in [0, 0.1) is 10.1 Å². The van der Waals surface area contributed by atoms with Crippen LogP contribution in [0.5, 0.6) is 0 Å². The molecule has 1 amide bonds. The normalized spacial score (nSPS) is 11.0. The van der Waals surface area contributed by atoms with E-state index < -0.39 is 10.8 Å². The fraction of sp³-hybridized carbons (Fsp3) is 0.160. The molecule has 1 N–H and O–H groups in total. The first-order chi connectivity index (χ1) is 16.3. The lowest BCUT2D eigenvalue weighted by Crippen LogP contribution is -2.23. The van der Waals surface area contributed by atoms with Crippen LogP contribution >= 0.6 is 11.8 Å². The third kappa shape index (κ3) is 4.84. The lowest BCUT2D eigenvalue weighted by Gasteiger charge is -2.14. The number of para-hydroxylation sites is 3. The average molecular weight is 475 g/mol. The molecule has 4 aromatic rings. The molecule has 0 atom stereocenters. The van der Waals surface area contributed by atoms with Crippen molar-refractivity contribution in [3.05, 3.63) is 98.8 Å². The summed E-state index contributed by atoms with van der Waals surface area (Å²) in [5.74, 6) is -0.176. The smallest absolute Gasteiger partial charge is 0.292 e. The molecule has 0 spiro atoms. The molecule has 0 bridgehead atoms. The fourth-order valence-corrected chi connectivity index (χ4v) is 4.31. The molecule has 0 saturated carbocycles. The molecule has 4 rings (SSSR count). The summed E-state index contributed by atoms with van der Waals surface area (Å²) >= 11 is 1.09. The standard InChI is InChI=1S/C25H22N4O4S/c1-16(2)17-11-13-18(14-12-17)28-24(31)19-7-3-4-8-20(19)27-25(28)34-15-23(30)26-21-9-5-6-10-22(21)29(32)33/h3-14,16H,15H2,1-2H3,(H,26,30). The molecule has 0 aliphatic rings. The predicted octanol–water partition coefficient (Wildman–Crippen LogP) is 5.15. The third-order valence-electron chi connectivity index (χ3n) is 5.27. The lowest BCUT2D eigenvalue weighted by atomic mass is 10.0. The van der Waals surface area contributed by atoms with Gasteiger partial charge in [-0.2, -0.15) is 0 Å². The molecule has 3 aromatic carbocycles. The number of fused-ring (bicyclic) bond motifs is 1. The molecule has 34 heavy (non-hydrogen) atoms. The van der Waals surface area contributed by atoms with E-state index in [1.54, 1.807) is 30.3 Å². The molecule has 0 saturated heterocycles. The van der Waals surface area contributed by atoms with Gasteiger partial charge in [-0.3, -0.25) is 24.3 Å². The van der Waals surface area contributed by atoms with E-state index in [0.717, 1.165) is 17.3 Å². The van der Waals surface area contributed by atoms with Crippen molar-refractivity contribution in [3.8, 4) is 5.69 Å². The van der Waals surface area contributed by atoms with Crippen molar-refractivity contribution >= 4 is 39.9 Å². The van der Waals surface area contributed by atoms with E-state index >= 15 is 0 Å². The molecular weight excluding hydrogens is 452 g/mol. The quantitative estimate of drug-likeness (QED) is 0.172. The minimum atomic E-state index is -0.549. The Bertz CT molecular complexity index is 1430. The Morgan fingerprint density at radius 1 is 1.06 bits per heavy atom. The molecule has 0 aliphatic carbocycles. The van der Waals surface area contributed by atoms with Crippen LogP contribution in [0.4, 0.5) is 11.4 Å². The van der Waals surface area contributed by atoms with Crippen LogP contribution in [0.3, 0.4) is 0 Å². The molecular formula is C25H22N4O4S. The Hall–Kier alpha value is -3.98. The molecule has 0 aliphatic heterocycles. The largest absolute Gasteiger partial charge is 0.320 e. The first-order valence-corrected chi connectivity index (χ1v) is 11.6. The van der Waals surface area contributed by atoms with Gasteiger partial charge in [0.2, 0.25) is 5.91 Å². The van der Waals surface area contributed by atoms with Gasteiger partial charge in [-0.05, 0) is 41.8 Å². The maximum absolute atomic E-state index is 13.4. The monoisotopic (exact) mass is 474 g/mol. The first kappa shape index (κ1) is 23.2. The Balaban J connectivity index is 1.67. The average Bonchev–Trinajstić information content (AvgIpc) is 2.83. The van der Waals surface area contributed by atoms with Gasteiger partial charge < -0.3 is 5.32 Å². The molecule has 0 fully saturated rings. The number of benzene rings is 3. The molecule has 172 valence electrons. The van der Waals surface area contributed by atoms with Crippen molar-refractivity contribution in [1.29, 1.82) is 0 Å². The number of nitrogens with one attached hydrogen (secondary N) is 1. The van der Waals surface area contributed by atoms with E-state index in [1.165, 1.54) is 22.8 Å². The Labute approximate surface area is 199 Å². The van der Waals surface area contributed by atoms with E-state index in [-0.39, 0.29) is 22.7 Å². The number of rotatable bonds is 7. The predicted molar refractivity (Wildman–Crippen MR) is 134 cm³/mol. The second-order valence-electron chi connectivity index (χ2n) is 7.91. The summed E-state index contributed by atoms with van der Waals surface area (Å²) in [6.45, 7) is 4.19. The fourth-order valence-electron chi connectivity index (χ4n) is 3.50. The highest BCUT2D eigenvalue weighted by Crippen LogP contribution is 2.25. The van der Waals surface area contributed by atoms with Crippen LogP contribution in [-0.2, 0) is 4.79 Å². The van der Waals surface area contributed by atoms with Gasteiger partial charge in [-0.15, -0.1) is 0 Å². The number of aromatic nitrogens is 2. The molecule has 8 nitrogen and oxygen atoms in total. The second kappa shape index (κ2) is 9.88. The zero-order valence-corrected chi connectivity index (χ0v) is 19.4. The van der Waals surface area contributed by atoms with Crippen molar-refractivity contribution < 1.29 is 9.72 Å². The summed E-state index contributed by atoms with van der Waals surface area (Å²) in [4.78, 5) is 41.3. The summed E-state index contributed by atoms with van der Waals surface area (Å²) < 4.78 is 1.50. The summed E-state index contributed by atoms with van der Waals surface area (Å²) in [7, 11) is 0. The SMILES string of the molecule is CC(C)c1ccc(-n2c(SCC(=O)Nc3ccccc3[N+](=O)[O-])nc3ccccc3c2=O)cc1. The first-order valence-electron chi connectivity index (χ1n) is 10.6. The molecule has 9 heteroatoms. The van der Waals surface area contributed by atoms with E-state index in [4.69, 9.17) is 0 Å². The molecule has 1 aromatic heterocycles. The number of nitro groups is 1. The summed E-state index contributed by atoms with van der Waals surface area (Å²) in [6.07, 6.45) is 0. The molecule has 0 unspecified atom stereocenters. The number of carbonyl (C=O) groups is 1. The van der Waals surface area contributed by atoms with Crippen molar-refractivity contribution in [2.45, 2.75) is 24.9 Å². The zero-order valence-electron chi connectivity index (χ0n) is 18.6. The summed E-state index contributed by atoms with van der Waals surface area (Å²) in [6, 6.07) is 20.7. The number of nitrogens with zero attached hydrogens (tertiary/aromatic N) is 3. The lowest BCUT2D eigenvalue weighted by molar-refractivity contribution is -0.383. The van der Waals surface area contributed by atoms with Gasteiger partial charge in [0.25, 0.3) is 11.2 Å². The van der Waals surface area contributed by atoms with E-state index in [9.17, 15) is 19.7 Å². The molecule has 0 radical (unpaired) electrons. The maximum Gasteiger partial charge on any atom is 0.292 e. The molecule has 1 heterocycles. The van der Waals surface area contributed by atoms with Crippen LogP contribution in [0.25, 0.3) is 16.6 Å². The van der Waals surface area contributed by atoms with Gasteiger partial charge in [-0.25, -0.2) is 4.98 Å². The zero-order chi connectivity index (χ0) is 24.2. The van der Waals surface area contributed by atoms with Gasteiger partial charge in [0.05, 0.1) is 27.3 Å². The highest BCUT2D eigenvalue weighted by Gasteiger charge is 2.18. The number of anilines is 1. The number of thioether (sulfide) groups is 1. The van der Waals surface area contributed by atoms with E-state index in [1.807, 2.05) is 24.3 Å². The number of hydrogen-bond donors (Lipinski definition) is 1.